The van der Waals surface area contributed by atoms with Crippen molar-refractivity contribution in [1.29, 1.82) is 0 Å². The predicted molar refractivity (Wildman–Crippen MR) is 55.1 cm³/mol. The van der Waals surface area contributed by atoms with Crippen LogP contribution in [0.4, 0.5) is 0 Å². The van der Waals surface area contributed by atoms with Gasteiger partial charge in [0.05, 0.1) is 13.2 Å². The first-order valence-corrected chi connectivity index (χ1v) is 7.28. The molecule has 4 heteroatoms. The minimum absolute atomic E-state index is 0.535. The topological polar surface area (TPSA) is 18.5 Å². The van der Waals surface area contributed by atoms with Crippen LogP contribution in [0.5, 0.6) is 0 Å². The summed E-state index contributed by atoms with van der Waals surface area (Å²) in [6, 6.07) is 0. The van der Waals surface area contributed by atoms with Crippen molar-refractivity contribution < 1.29 is 9.05 Å². The van der Waals surface area contributed by atoms with Crippen LogP contribution in [0.2, 0.25) is 0 Å². The lowest BCUT2D eigenvalue weighted by atomic mass is 9.98. The molecule has 1 rings (SSSR count). The SMILES string of the molecule is CCP1(=S)OCC(C(C)C)CO1. The molecule has 0 aliphatic carbocycles. The van der Waals surface area contributed by atoms with Gasteiger partial charge in [-0.2, -0.15) is 0 Å². The zero-order valence-electron chi connectivity index (χ0n) is 7.95. The fraction of sp³-hybridized carbons (Fsp3) is 1.00. The van der Waals surface area contributed by atoms with Crippen molar-refractivity contribution in [2.75, 3.05) is 19.4 Å². The fourth-order valence-corrected chi connectivity index (χ4v) is 2.71. The molecule has 0 N–H and O–H groups in total. The van der Waals surface area contributed by atoms with Gasteiger partial charge >= 0.3 is 0 Å². The molecule has 0 radical (unpaired) electrons. The van der Waals surface area contributed by atoms with Crippen LogP contribution in [-0.4, -0.2) is 19.4 Å². The zero-order chi connectivity index (χ0) is 9.19. The molecule has 0 saturated carbocycles. The van der Waals surface area contributed by atoms with Gasteiger partial charge in [0.25, 0.3) is 0 Å². The van der Waals surface area contributed by atoms with Crippen LogP contribution in [0.1, 0.15) is 20.8 Å². The Morgan fingerprint density at radius 3 is 2.25 bits per heavy atom. The molecule has 72 valence electrons. The number of hydrogen-bond acceptors (Lipinski definition) is 3. The molecule has 1 saturated heterocycles. The summed E-state index contributed by atoms with van der Waals surface area (Å²) in [5.41, 5.74) is 0. The molecular formula is C8H17O2PS. The normalized spacial score (nSPS) is 37.2. The van der Waals surface area contributed by atoms with Gasteiger partial charge in [-0.3, -0.25) is 0 Å². The van der Waals surface area contributed by atoms with Gasteiger partial charge in [-0.05, 0) is 17.7 Å². The fourth-order valence-electron chi connectivity index (χ4n) is 1.07. The maximum absolute atomic E-state index is 5.59. The molecule has 0 unspecified atom stereocenters. The van der Waals surface area contributed by atoms with Crippen LogP contribution in [0.3, 0.4) is 0 Å². The van der Waals surface area contributed by atoms with Crippen molar-refractivity contribution in [2.45, 2.75) is 20.8 Å². The van der Waals surface area contributed by atoms with E-state index in [-0.39, 0.29) is 0 Å². The maximum Gasteiger partial charge on any atom is 0.188 e. The van der Waals surface area contributed by atoms with E-state index in [2.05, 4.69) is 13.8 Å². The van der Waals surface area contributed by atoms with Gasteiger partial charge in [0.15, 0.2) is 6.49 Å². The van der Waals surface area contributed by atoms with Gasteiger partial charge in [-0.1, -0.05) is 20.8 Å². The third-order valence-electron chi connectivity index (χ3n) is 2.30. The first-order valence-electron chi connectivity index (χ1n) is 4.45. The lowest BCUT2D eigenvalue weighted by Crippen LogP contribution is -2.25. The maximum atomic E-state index is 5.59. The Balaban J connectivity index is 2.45. The average molecular weight is 208 g/mol. The van der Waals surface area contributed by atoms with Crippen molar-refractivity contribution >= 4 is 18.3 Å². The average Bonchev–Trinajstić information content (AvgIpc) is 2.05. The van der Waals surface area contributed by atoms with E-state index in [0.717, 1.165) is 19.4 Å². The first kappa shape index (κ1) is 10.6. The minimum Gasteiger partial charge on any atom is -0.329 e. The highest BCUT2D eigenvalue weighted by Gasteiger charge is 2.27. The summed E-state index contributed by atoms with van der Waals surface area (Å²) in [6.07, 6.45) is 0.854. The van der Waals surface area contributed by atoms with Crippen LogP contribution in [0.15, 0.2) is 0 Å². The summed E-state index contributed by atoms with van der Waals surface area (Å²) in [6.45, 7) is 6.17. The van der Waals surface area contributed by atoms with E-state index in [1.165, 1.54) is 0 Å². The summed E-state index contributed by atoms with van der Waals surface area (Å²) in [4.78, 5) is 0. The monoisotopic (exact) mass is 208 g/mol. The van der Waals surface area contributed by atoms with E-state index in [9.17, 15) is 0 Å². The van der Waals surface area contributed by atoms with E-state index >= 15 is 0 Å². The molecule has 2 nitrogen and oxygen atoms in total. The highest BCUT2D eigenvalue weighted by Crippen LogP contribution is 2.51. The van der Waals surface area contributed by atoms with Crippen molar-refractivity contribution in [3.05, 3.63) is 0 Å². The Bertz CT molecular complexity index is 181. The van der Waals surface area contributed by atoms with Gasteiger partial charge < -0.3 is 9.05 Å². The van der Waals surface area contributed by atoms with Gasteiger partial charge in [0, 0.05) is 12.1 Å². The number of hydrogen-bond donors (Lipinski definition) is 0. The zero-order valence-corrected chi connectivity index (χ0v) is 9.66. The third kappa shape index (κ3) is 2.53. The molecule has 0 aromatic rings. The van der Waals surface area contributed by atoms with Crippen LogP contribution >= 0.6 is 6.49 Å². The molecule has 1 aliphatic rings. The van der Waals surface area contributed by atoms with E-state index in [1.54, 1.807) is 0 Å². The van der Waals surface area contributed by atoms with Crippen molar-refractivity contribution in [2.24, 2.45) is 11.8 Å². The largest absolute Gasteiger partial charge is 0.329 e. The van der Waals surface area contributed by atoms with E-state index in [1.807, 2.05) is 6.92 Å². The molecule has 12 heavy (non-hydrogen) atoms. The summed E-state index contributed by atoms with van der Waals surface area (Å²) in [5, 5.41) is 0. The molecule has 0 spiro atoms. The molecule has 0 aromatic heterocycles. The Hall–Kier alpha value is 0.570. The van der Waals surface area contributed by atoms with Crippen molar-refractivity contribution in [3.8, 4) is 0 Å². The Kier molecular flexibility index (Phi) is 3.72. The quantitative estimate of drug-likeness (QED) is 0.650. The molecule has 0 atom stereocenters. The smallest absolute Gasteiger partial charge is 0.188 e. The van der Waals surface area contributed by atoms with Gasteiger partial charge in [-0.15, -0.1) is 0 Å². The third-order valence-corrected chi connectivity index (χ3v) is 5.57. The highest BCUT2D eigenvalue weighted by atomic mass is 32.5. The summed E-state index contributed by atoms with van der Waals surface area (Å²) in [5.74, 6) is 1.17. The van der Waals surface area contributed by atoms with Crippen molar-refractivity contribution in [3.63, 3.8) is 0 Å². The van der Waals surface area contributed by atoms with Crippen LogP contribution in [-0.2, 0) is 20.9 Å². The molecule has 1 heterocycles. The highest BCUT2D eigenvalue weighted by molar-refractivity contribution is 8.09. The summed E-state index contributed by atoms with van der Waals surface area (Å²) < 4.78 is 11.2. The Morgan fingerprint density at radius 2 is 1.92 bits per heavy atom. The summed E-state index contributed by atoms with van der Waals surface area (Å²) >= 11 is 5.26. The second-order valence-electron chi connectivity index (χ2n) is 3.52. The van der Waals surface area contributed by atoms with Crippen LogP contribution in [0.25, 0.3) is 0 Å². The Morgan fingerprint density at radius 1 is 1.42 bits per heavy atom. The second-order valence-corrected chi connectivity index (χ2v) is 7.56. The molecule has 1 fully saturated rings. The van der Waals surface area contributed by atoms with Crippen molar-refractivity contribution in [1.82, 2.24) is 0 Å². The lowest BCUT2D eigenvalue weighted by Gasteiger charge is -2.32. The van der Waals surface area contributed by atoms with Gasteiger partial charge in [0.1, 0.15) is 0 Å². The van der Waals surface area contributed by atoms with E-state index in [0.29, 0.717) is 11.8 Å². The van der Waals surface area contributed by atoms with Crippen LogP contribution in [0, 0.1) is 11.8 Å². The minimum atomic E-state index is -1.84. The summed E-state index contributed by atoms with van der Waals surface area (Å²) in [7, 11) is 0. The number of rotatable bonds is 2. The molecule has 0 aromatic carbocycles. The van der Waals surface area contributed by atoms with E-state index < -0.39 is 6.49 Å². The molecule has 1 aliphatic heterocycles. The Labute approximate surface area is 79.8 Å². The van der Waals surface area contributed by atoms with Gasteiger partial charge in [0.2, 0.25) is 0 Å². The van der Waals surface area contributed by atoms with Crippen LogP contribution < -0.4 is 0 Å². The molecular weight excluding hydrogens is 191 g/mol. The van der Waals surface area contributed by atoms with E-state index in [4.69, 9.17) is 20.9 Å². The lowest BCUT2D eigenvalue weighted by molar-refractivity contribution is 0.0912. The second kappa shape index (κ2) is 4.19. The molecule has 0 amide bonds. The predicted octanol–water partition coefficient (Wildman–Crippen LogP) is 2.63. The first-order chi connectivity index (χ1) is 5.57. The molecule has 0 bridgehead atoms. The van der Waals surface area contributed by atoms with Gasteiger partial charge in [-0.25, -0.2) is 0 Å². The standard InChI is InChI=1S/C8H17O2PS/c1-4-11(12)9-5-8(6-10-11)7(2)3/h7-8H,4-6H2,1-3H3.